The fourth-order valence-corrected chi connectivity index (χ4v) is 1.71. The lowest BCUT2D eigenvalue weighted by Crippen LogP contribution is -2.56. The number of carbonyl (C=O) groups is 2. The first-order valence-electron chi connectivity index (χ1n) is 6.03. The van der Waals surface area contributed by atoms with Crippen molar-refractivity contribution in [3.8, 4) is 0 Å². The van der Waals surface area contributed by atoms with Gasteiger partial charge in [-0.25, -0.2) is 13.6 Å². The second-order valence-corrected chi connectivity index (χ2v) is 4.49. The molecule has 1 rings (SSSR count). The van der Waals surface area contributed by atoms with Gasteiger partial charge in [0, 0.05) is 25.6 Å². The second kappa shape index (κ2) is 7.22. The molecule has 0 spiro atoms. The number of aliphatic carboxylic acids is 1. The van der Waals surface area contributed by atoms with Crippen LogP contribution >= 0.6 is 0 Å². The second-order valence-electron chi connectivity index (χ2n) is 4.49. The number of alkyl halides is 2. The molecule has 1 fully saturated rings. The van der Waals surface area contributed by atoms with Crippen molar-refractivity contribution in [1.29, 1.82) is 0 Å². The highest BCUT2D eigenvalue weighted by atomic mass is 19.3. The minimum Gasteiger partial charge on any atom is -0.481 e. The first-order valence-corrected chi connectivity index (χ1v) is 6.03. The molecule has 8 heteroatoms. The van der Waals surface area contributed by atoms with Crippen LogP contribution in [-0.2, 0) is 9.53 Å². The summed E-state index contributed by atoms with van der Waals surface area (Å²) in [6.45, 7) is 1.95. The molecule has 19 heavy (non-hydrogen) atoms. The number of hydrogen-bond acceptors (Lipinski definition) is 3. The van der Waals surface area contributed by atoms with Crippen LogP contribution in [0, 0.1) is 11.8 Å². The van der Waals surface area contributed by atoms with Crippen LogP contribution in [0.3, 0.4) is 0 Å². The Balaban J connectivity index is 2.08. The molecule has 0 aromatic rings. The number of halogens is 2. The number of urea groups is 1. The van der Waals surface area contributed by atoms with Gasteiger partial charge in [0.2, 0.25) is 0 Å². The summed E-state index contributed by atoms with van der Waals surface area (Å²) >= 11 is 0. The minimum absolute atomic E-state index is 0.0267. The van der Waals surface area contributed by atoms with Gasteiger partial charge in [-0.1, -0.05) is 6.92 Å². The van der Waals surface area contributed by atoms with E-state index in [2.05, 4.69) is 10.1 Å². The number of nitrogens with one attached hydrogen (secondary N) is 1. The van der Waals surface area contributed by atoms with Crippen molar-refractivity contribution in [2.24, 2.45) is 11.8 Å². The van der Waals surface area contributed by atoms with E-state index in [4.69, 9.17) is 5.11 Å². The summed E-state index contributed by atoms with van der Waals surface area (Å²) in [4.78, 5) is 23.7. The average molecular weight is 280 g/mol. The first-order chi connectivity index (χ1) is 8.91. The standard InChI is InChI=1S/C11H18F2N2O4/c1-7(10(16)17)8-4-15(5-8)11(18)14-2-3-19-6-9(12)13/h7-9H,2-6H2,1H3,(H,14,18)(H,16,17). The molecule has 0 aromatic carbocycles. The molecule has 1 atom stereocenters. The largest absolute Gasteiger partial charge is 0.481 e. The van der Waals surface area contributed by atoms with Gasteiger partial charge in [0.15, 0.2) is 0 Å². The molecule has 2 amide bonds. The topological polar surface area (TPSA) is 78.9 Å². The fraction of sp³-hybridized carbons (Fsp3) is 0.818. The molecule has 0 saturated carbocycles. The number of rotatable bonds is 7. The number of likely N-dealkylation sites (tertiary alicyclic amines) is 1. The molecule has 0 aromatic heterocycles. The number of nitrogens with zero attached hydrogens (tertiary/aromatic N) is 1. The zero-order chi connectivity index (χ0) is 14.4. The number of amides is 2. The molecule has 0 radical (unpaired) electrons. The van der Waals surface area contributed by atoms with Crippen molar-refractivity contribution in [3.05, 3.63) is 0 Å². The molecule has 110 valence electrons. The van der Waals surface area contributed by atoms with Crippen molar-refractivity contribution in [3.63, 3.8) is 0 Å². The maximum atomic E-state index is 11.7. The van der Waals surface area contributed by atoms with E-state index in [1.54, 1.807) is 6.92 Å². The van der Waals surface area contributed by atoms with Crippen LogP contribution in [0.25, 0.3) is 0 Å². The lowest BCUT2D eigenvalue weighted by molar-refractivity contribution is -0.144. The van der Waals surface area contributed by atoms with E-state index in [1.165, 1.54) is 4.90 Å². The molecule has 1 heterocycles. The number of carbonyl (C=O) groups excluding carboxylic acids is 1. The Hall–Kier alpha value is -1.44. The minimum atomic E-state index is -2.51. The third-order valence-corrected chi connectivity index (χ3v) is 3.06. The maximum Gasteiger partial charge on any atom is 0.317 e. The number of hydrogen-bond donors (Lipinski definition) is 2. The summed E-state index contributed by atoms with van der Waals surface area (Å²) in [5.74, 6) is -1.37. The Labute approximate surface area is 109 Å². The summed E-state index contributed by atoms with van der Waals surface area (Å²) in [5, 5.41) is 11.3. The van der Waals surface area contributed by atoms with Gasteiger partial charge in [-0.2, -0.15) is 0 Å². The van der Waals surface area contributed by atoms with Crippen LogP contribution in [0.1, 0.15) is 6.92 Å². The van der Waals surface area contributed by atoms with Crippen molar-refractivity contribution >= 4 is 12.0 Å². The number of carboxylic acid groups (broad SMARTS) is 1. The van der Waals surface area contributed by atoms with Crippen LogP contribution in [0.15, 0.2) is 0 Å². The van der Waals surface area contributed by atoms with Gasteiger partial charge in [-0.05, 0) is 0 Å². The third kappa shape index (κ3) is 4.98. The van der Waals surface area contributed by atoms with E-state index in [1.807, 2.05) is 0 Å². The lowest BCUT2D eigenvalue weighted by Gasteiger charge is -2.41. The summed E-state index contributed by atoms with van der Waals surface area (Å²) < 4.78 is 28.1. The molecular weight excluding hydrogens is 262 g/mol. The van der Waals surface area contributed by atoms with E-state index in [9.17, 15) is 18.4 Å². The van der Waals surface area contributed by atoms with Crippen LogP contribution < -0.4 is 5.32 Å². The predicted octanol–water partition coefficient (Wildman–Crippen LogP) is 0.630. The van der Waals surface area contributed by atoms with E-state index in [0.29, 0.717) is 13.1 Å². The Morgan fingerprint density at radius 3 is 2.63 bits per heavy atom. The molecule has 1 saturated heterocycles. The molecule has 1 aliphatic heterocycles. The molecule has 6 nitrogen and oxygen atoms in total. The summed E-state index contributed by atoms with van der Waals surface area (Å²) in [5.41, 5.74) is 0. The maximum absolute atomic E-state index is 11.7. The smallest absolute Gasteiger partial charge is 0.317 e. The Morgan fingerprint density at radius 1 is 1.47 bits per heavy atom. The fourth-order valence-electron chi connectivity index (χ4n) is 1.71. The first kappa shape index (κ1) is 15.6. The Bertz CT molecular complexity index is 322. The van der Waals surface area contributed by atoms with Crippen LogP contribution in [0.2, 0.25) is 0 Å². The predicted molar refractivity (Wildman–Crippen MR) is 62.1 cm³/mol. The van der Waals surface area contributed by atoms with Gasteiger partial charge in [-0.15, -0.1) is 0 Å². The zero-order valence-corrected chi connectivity index (χ0v) is 10.6. The molecule has 0 aliphatic carbocycles. The van der Waals surface area contributed by atoms with Crippen molar-refractivity contribution < 1.29 is 28.2 Å². The molecular formula is C11H18F2N2O4. The third-order valence-electron chi connectivity index (χ3n) is 3.06. The van der Waals surface area contributed by atoms with Crippen molar-refractivity contribution in [2.75, 3.05) is 32.8 Å². The lowest BCUT2D eigenvalue weighted by atomic mass is 9.87. The van der Waals surface area contributed by atoms with Gasteiger partial charge >= 0.3 is 12.0 Å². The number of ether oxygens (including phenoxy) is 1. The van der Waals surface area contributed by atoms with Crippen molar-refractivity contribution in [1.82, 2.24) is 10.2 Å². The molecule has 1 aliphatic rings. The average Bonchev–Trinajstić information content (AvgIpc) is 2.25. The van der Waals surface area contributed by atoms with Gasteiger partial charge in [-0.3, -0.25) is 4.79 Å². The SMILES string of the molecule is CC(C(=O)O)C1CN(C(=O)NCCOCC(F)F)C1. The van der Waals surface area contributed by atoms with E-state index in [-0.39, 0.29) is 25.1 Å². The van der Waals surface area contributed by atoms with E-state index >= 15 is 0 Å². The molecule has 1 unspecified atom stereocenters. The summed E-state index contributed by atoms with van der Waals surface area (Å²) in [6, 6.07) is -0.325. The van der Waals surface area contributed by atoms with Crippen LogP contribution in [0.5, 0.6) is 0 Å². The highest BCUT2D eigenvalue weighted by Gasteiger charge is 2.36. The van der Waals surface area contributed by atoms with Gasteiger partial charge in [0.1, 0.15) is 6.61 Å². The summed E-state index contributed by atoms with van der Waals surface area (Å²) in [7, 11) is 0. The Morgan fingerprint density at radius 2 is 2.11 bits per heavy atom. The normalized spacial score (nSPS) is 17.2. The number of carboxylic acids is 1. The van der Waals surface area contributed by atoms with Crippen molar-refractivity contribution in [2.45, 2.75) is 13.3 Å². The molecule has 0 bridgehead atoms. The highest BCUT2D eigenvalue weighted by molar-refractivity contribution is 5.76. The summed E-state index contributed by atoms with van der Waals surface area (Å²) in [6.07, 6.45) is -2.51. The van der Waals surface area contributed by atoms with E-state index in [0.717, 1.165) is 0 Å². The van der Waals surface area contributed by atoms with E-state index < -0.39 is 24.9 Å². The monoisotopic (exact) mass is 280 g/mol. The Kier molecular flexibility index (Phi) is 5.94. The van der Waals surface area contributed by atoms with Crippen LogP contribution in [0.4, 0.5) is 13.6 Å². The van der Waals surface area contributed by atoms with Gasteiger partial charge < -0.3 is 20.1 Å². The quantitative estimate of drug-likeness (QED) is 0.670. The van der Waals surface area contributed by atoms with Crippen LogP contribution in [-0.4, -0.2) is 61.3 Å². The molecule has 2 N–H and O–H groups in total. The van der Waals surface area contributed by atoms with Gasteiger partial charge in [0.05, 0.1) is 12.5 Å². The zero-order valence-electron chi connectivity index (χ0n) is 10.6. The highest BCUT2D eigenvalue weighted by Crippen LogP contribution is 2.23. The van der Waals surface area contributed by atoms with Gasteiger partial charge in [0.25, 0.3) is 6.43 Å².